The van der Waals surface area contributed by atoms with Crippen molar-refractivity contribution in [2.75, 3.05) is 32.7 Å². The van der Waals surface area contributed by atoms with Gasteiger partial charge in [0.05, 0.1) is 11.5 Å². The molecule has 3 nitrogen and oxygen atoms in total. The summed E-state index contributed by atoms with van der Waals surface area (Å²) >= 11 is 0. The lowest BCUT2D eigenvalue weighted by molar-refractivity contribution is 0.0764. The normalized spacial score (nSPS) is 20.8. The van der Waals surface area contributed by atoms with Gasteiger partial charge >= 0.3 is 0 Å². The highest BCUT2D eigenvalue weighted by Crippen LogP contribution is 2.36. The number of likely N-dealkylation sites (tertiary alicyclic amines) is 2. The molecule has 0 amide bonds. The fourth-order valence-corrected chi connectivity index (χ4v) is 6.31. The van der Waals surface area contributed by atoms with Gasteiger partial charge in [-0.2, -0.15) is 5.26 Å². The van der Waals surface area contributed by atoms with Gasteiger partial charge < -0.3 is 9.80 Å². The molecule has 3 heteroatoms. The largest absolute Gasteiger partial charge is 0.303 e. The van der Waals surface area contributed by atoms with E-state index >= 15 is 0 Å². The first-order chi connectivity index (χ1) is 16.6. The zero-order valence-electron chi connectivity index (χ0n) is 21.3. The summed E-state index contributed by atoms with van der Waals surface area (Å²) in [5.41, 5.74) is 2.31. The third-order valence-corrected chi connectivity index (χ3v) is 8.61. The van der Waals surface area contributed by atoms with Crippen LogP contribution in [0.1, 0.15) is 63.5 Å². The SMILES string of the molecule is CC(C)C(C#N)(CCCN1CCC(N2CCC(Cc3ccccc3)CC2)CC1)c1ccccc1. The van der Waals surface area contributed by atoms with Gasteiger partial charge in [-0.15, -0.1) is 0 Å². The van der Waals surface area contributed by atoms with E-state index < -0.39 is 0 Å². The van der Waals surface area contributed by atoms with E-state index in [1.807, 2.05) is 6.07 Å². The van der Waals surface area contributed by atoms with Crippen molar-refractivity contribution in [3.05, 3.63) is 71.8 Å². The molecule has 2 fully saturated rings. The molecule has 1 atom stereocenters. The Morgan fingerprint density at radius 3 is 2.09 bits per heavy atom. The minimum Gasteiger partial charge on any atom is -0.303 e. The van der Waals surface area contributed by atoms with Crippen LogP contribution in [-0.2, 0) is 11.8 Å². The van der Waals surface area contributed by atoms with E-state index in [0.29, 0.717) is 5.92 Å². The maximum absolute atomic E-state index is 10.1. The highest BCUT2D eigenvalue weighted by molar-refractivity contribution is 5.33. The van der Waals surface area contributed by atoms with Gasteiger partial charge in [0.1, 0.15) is 0 Å². The van der Waals surface area contributed by atoms with Crippen LogP contribution in [0.4, 0.5) is 0 Å². The van der Waals surface area contributed by atoms with Crippen molar-refractivity contribution in [3.63, 3.8) is 0 Å². The molecule has 182 valence electrons. The molecule has 0 N–H and O–H groups in total. The molecule has 2 aromatic carbocycles. The molecule has 2 saturated heterocycles. The third-order valence-electron chi connectivity index (χ3n) is 8.61. The first-order valence-electron chi connectivity index (χ1n) is 13.6. The minimum absolute atomic E-state index is 0.315. The summed E-state index contributed by atoms with van der Waals surface area (Å²) in [6.07, 6.45) is 8.58. The molecule has 0 aromatic heterocycles. The van der Waals surface area contributed by atoms with Crippen molar-refractivity contribution >= 4 is 0 Å². The van der Waals surface area contributed by atoms with Gasteiger partial charge in [-0.05, 0) is 101 Å². The Bertz CT molecular complexity index is 887. The molecule has 1 unspecified atom stereocenters. The molecule has 0 spiro atoms. The predicted molar refractivity (Wildman–Crippen MR) is 142 cm³/mol. The smallest absolute Gasteiger partial charge is 0.0845 e. The average Bonchev–Trinajstić information content (AvgIpc) is 2.89. The van der Waals surface area contributed by atoms with E-state index in [1.165, 1.54) is 69.4 Å². The van der Waals surface area contributed by atoms with Gasteiger partial charge in [0.15, 0.2) is 0 Å². The number of benzene rings is 2. The van der Waals surface area contributed by atoms with Crippen LogP contribution in [-0.4, -0.2) is 48.6 Å². The average molecular weight is 458 g/mol. The van der Waals surface area contributed by atoms with Gasteiger partial charge in [0.25, 0.3) is 0 Å². The zero-order chi connectivity index (χ0) is 23.8. The van der Waals surface area contributed by atoms with Gasteiger partial charge in [0, 0.05) is 6.04 Å². The molecule has 0 aliphatic carbocycles. The fourth-order valence-electron chi connectivity index (χ4n) is 6.31. The number of nitrogens with zero attached hydrogens (tertiary/aromatic N) is 3. The summed E-state index contributed by atoms with van der Waals surface area (Å²) in [6, 6.07) is 25.0. The van der Waals surface area contributed by atoms with Crippen LogP contribution in [0.3, 0.4) is 0 Å². The summed E-state index contributed by atoms with van der Waals surface area (Å²) in [5.74, 6) is 1.17. The van der Waals surface area contributed by atoms with Crippen LogP contribution in [0.5, 0.6) is 0 Å². The number of nitriles is 1. The monoisotopic (exact) mass is 457 g/mol. The van der Waals surface area contributed by atoms with Crippen molar-refractivity contribution in [3.8, 4) is 6.07 Å². The molecular formula is C31H43N3. The molecule has 4 rings (SSSR count). The first kappa shape index (κ1) is 25.0. The van der Waals surface area contributed by atoms with Crippen molar-refractivity contribution in [2.45, 2.75) is 70.3 Å². The Labute approximate surface area is 207 Å². The molecule has 2 aliphatic heterocycles. The lowest BCUT2D eigenvalue weighted by Crippen LogP contribution is -2.48. The highest BCUT2D eigenvalue weighted by atomic mass is 15.2. The first-order valence-corrected chi connectivity index (χ1v) is 13.6. The Kier molecular flexibility index (Phi) is 8.81. The maximum Gasteiger partial charge on any atom is 0.0845 e. The van der Waals surface area contributed by atoms with Gasteiger partial charge in [0.2, 0.25) is 0 Å². The second kappa shape index (κ2) is 12.0. The number of hydrogen-bond donors (Lipinski definition) is 0. The molecule has 0 saturated carbocycles. The van der Waals surface area contributed by atoms with E-state index in [2.05, 4.69) is 84.3 Å². The summed E-state index contributed by atoms with van der Waals surface area (Å²) in [6.45, 7) is 10.5. The fraction of sp³-hybridized carbons (Fsp3) is 0.581. The zero-order valence-corrected chi connectivity index (χ0v) is 21.3. The van der Waals surface area contributed by atoms with Crippen LogP contribution in [0, 0.1) is 23.2 Å². The molecular weight excluding hydrogens is 414 g/mol. The molecule has 0 radical (unpaired) electrons. The molecule has 34 heavy (non-hydrogen) atoms. The topological polar surface area (TPSA) is 30.3 Å². The lowest BCUT2D eigenvalue weighted by Gasteiger charge is -2.42. The minimum atomic E-state index is -0.371. The van der Waals surface area contributed by atoms with Crippen LogP contribution in [0.15, 0.2) is 60.7 Å². The van der Waals surface area contributed by atoms with E-state index in [4.69, 9.17) is 0 Å². The Balaban J connectivity index is 1.19. The van der Waals surface area contributed by atoms with Crippen molar-refractivity contribution in [1.29, 1.82) is 5.26 Å². The van der Waals surface area contributed by atoms with E-state index in [9.17, 15) is 5.26 Å². The second-order valence-corrected chi connectivity index (χ2v) is 10.9. The third kappa shape index (κ3) is 6.09. The van der Waals surface area contributed by atoms with Gasteiger partial charge in [-0.25, -0.2) is 0 Å². The van der Waals surface area contributed by atoms with Gasteiger partial charge in [-0.1, -0.05) is 74.5 Å². The molecule has 2 aliphatic rings. The number of piperidine rings is 2. The van der Waals surface area contributed by atoms with E-state index in [1.54, 1.807) is 0 Å². The lowest BCUT2D eigenvalue weighted by atomic mass is 9.70. The standard InChI is InChI=1S/C31H43N3/c1-26(2)31(25-32,29-12-7-4-8-13-29)18-9-19-33-20-16-30(17-21-33)34-22-14-28(15-23-34)24-27-10-5-3-6-11-27/h3-8,10-13,26,28,30H,9,14-24H2,1-2H3. The van der Waals surface area contributed by atoms with Crippen molar-refractivity contribution < 1.29 is 0 Å². The van der Waals surface area contributed by atoms with Gasteiger partial charge in [-0.3, -0.25) is 0 Å². The van der Waals surface area contributed by atoms with E-state index in [-0.39, 0.29) is 5.41 Å². The van der Waals surface area contributed by atoms with E-state index in [0.717, 1.165) is 31.3 Å². The summed E-state index contributed by atoms with van der Waals surface area (Å²) in [7, 11) is 0. The molecule has 0 bridgehead atoms. The quantitative estimate of drug-likeness (QED) is 0.442. The maximum atomic E-state index is 10.1. The number of hydrogen-bond acceptors (Lipinski definition) is 3. The molecule has 2 heterocycles. The van der Waals surface area contributed by atoms with Crippen molar-refractivity contribution in [2.24, 2.45) is 11.8 Å². The molecule has 2 aromatic rings. The summed E-state index contributed by atoms with van der Waals surface area (Å²) in [4.78, 5) is 5.43. The number of rotatable bonds is 9. The van der Waals surface area contributed by atoms with Crippen molar-refractivity contribution in [1.82, 2.24) is 9.80 Å². The Morgan fingerprint density at radius 2 is 1.50 bits per heavy atom. The predicted octanol–water partition coefficient (Wildman–Crippen LogP) is 6.30. The highest BCUT2D eigenvalue weighted by Gasteiger charge is 2.36. The van der Waals surface area contributed by atoms with Crippen LogP contribution < -0.4 is 0 Å². The Morgan fingerprint density at radius 1 is 0.882 bits per heavy atom. The summed E-state index contributed by atoms with van der Waals surface area (Å²) < 4.78 is 0. The van der Waals surface area contributed by atoms with Crippen LogP contribution in [0.2, 0.25) is 0 Å². The van der Waals surface area contributed by atoms with Crippen LogP contribution >= 0.6 is 0 Å². The summed E-state index contributed by atoms with van der Waals surface area (Å²) in [5, 5.41) is 10.1. The van der Waals surface area contributed by atoms with Crippen LogP contribution in [0.25, 0.3) is 0 Å². The Hall–Kier alpha value is -2.15. The second-order valence-electron chi connectivity index (χ2n) is 10.9.